The van der Waals surface area contributed by atoms with E-state index in [-0.39, 0.29) is 28.3 Å². The number of carbonyl (C=O) groups excluding carboxylic acids is 1. The van der Waals surface area contributed by atoms with Gasteiger partial charge in [0.1, 0.15) is 10.6 Å². The molecule has 47 heavy (non-hydrogen) atoms. The fraction of sp³-hybridized carbons (Fsp3) is 0.486. The van der Waals surface area contributed by atoms with Crippen LogP contribution in [0.2, 0.25) is 0 Å². The van der Waals surface area contributed by atoms with Crippen molar-refractivity contribution in [3.8, 4) is 5.75 Å². The summed E-state index contributed by atoms with van der Waals surface area (Å²) in [7, 11) is -4.63. The lowest BCUT2D eigenvalue weighted by Gasteiger charge is -2.32. The number of phenolic OH excluding ortho intramolecular Hbond substituents is 1. The van der Waals surface area contributed by atoms with Gasteiger partial charge < -0.3 is 14.6 Å². The van der Waals surface area contributed by atoms with Gasteiger partial charge in [-0.25, -0.2) is 0 Å². The molecule has 2 N–H and O–H groups in total. The minimum atomic E-state index is -4.63. The second kappa shape index (κ2) is 14.6. The van der Waals surface area contributed by atoms with Crippen LogP contribution in [-0.2, 0) is 30.9 Å². The molecule has 2 aliphatic heterocycles. The highest BCUT2D eigenvalue weighted by molar-refractivity contribution is 7.86. The van der Waals surface area contributed by atoms with Gasteiger partial charge in [0.2, 0.25) is 0 Å². The Kier molecular flexibility index (Phi) is 10.9. The van der Waals surface area contributed by atoms with Crippen molar-refractivity contribution in [1.82, 2.24) is 9.80 Å². The van der Waals surface area contributed by atoms with Gasteiger partial charge in [-0.1, -0.05) is 45.9 Å². The summed E-state index contributed by atoms with van der Waals surface area (Å²) in [5, 5.41) is 11.7. The van der Waals surface area contributed by atoms with E-state index in [2.05, 4.69) is 9.80 Å². The van der Waals surface area contributed by atoms with Crippen LogP contribution in [0.25, 0.3) is 5.57 Å². The molecule has 0 amide bonds. The van der Waals surface area contributed by atoms with E-state index in [9.17, 15) is 22.9 Å². The number of phenols is 1. The monoisotopic (exact) mass is 664 g/mol. The molecule has 1 aliphatic carbocycles. The Bertz CT molecular complexity index is 1720. The zero-order chi connectivity index (χ0) is 34.0. The first-order valence-electron chi connectivity index (χ1n) is 16.5. The van der Waals surface area contributed by atoms with Crippen molar-refractivity contribution in [3.63, 3.8) is 0 Å². The van der Waals surface area contributed by atoms with Crippen LogP contribution >= 0.6 is 0 Å². The topological polar surface area (TPSA) is 117 Å². The number of hydrogen-bond acceptors (Lipinski definition) is 8. The van der Waals surface area contributed by atoms with Crippen molar-refractivity contribution in [1.29, 1.82) is 0 Å². The van der Waals surface area contributed by atoms with E-state index >= 15 is 0 Å². The van der Waals surface area contributed by atoms with Crippen molar-refractivity contribution in [3.05, 3.63) is 86.5 Å². The highest BCUT2D eigenvalue weighted by Gasteiger charge is 2.32. The Morgan fingerprint density at radius 3 is 2.00 bits per heavy atom. The van der Waals surface area contributed by atoms with Gasteiger partial charge in [-0.05, 0) is 77.3 Å². The van der Waals surface area contributed by atoms with Crippen molar-refractivity contribution < 1.29 is 32.3 Å². The molecule has 0 unspecified atom stereocenters. The van der Waals surface area contributed by atoms with E-state index in [0.29, 0.717) is 74.9 Å². The van der Waals surface area contributed by atoms with Gasteiger partial charge >= 0.3 is 0 Å². The van der Waals surface area contributed by atoms with Crippen LogP contribution in [-0.4, -0.2) is 92.8 Å². The predicted octanol–water partition coefficient (Wildman–Crippen LogP) is 5.52. The molecule has 2 aromatic carbocycles. The maximum atomic E-state index is 14.1. The SMILES string of the molecule is CC1=C(CN2CCOCC2)C(=O)C(C(C)C)=C/C1=C(\c1ccccc1S(=O)(=O)O)c1cc(C(C)C)c(O)c(CN2CCOCC2)c1C. The summed E-state index contributed by atoms with van der Waals surface area (Å²) in [6.07, 6.45) is 1.91. The molecule has 5 rings (SSSR count). The molecule has 2 aromatic rings. The van der Waals surface area contributed by atoms with Crippen molar-refractivity contribution in [2.45, 2.75) is 58.9 Å². The van der Waals surface area contributed by atoms with Gasteiger partial charge in [0.05, 0.1) is 26.4 Å². The maximum absolute atomic E-state index is 14.1. The van der Waals surface area contributed by atoms with Crippen molar-refractivity contribution in [2.75, 3.05) is 59.2 Å². The number of carbonyl (C=O) groups is 1. The molecule has 0 atom stereocenters. The Morgan fingerprint density at radius 2 is 1.45 bits per heavy atom. The largest absolute Gasteiger partial charge is 0.507 e. The third kappa shape index (κ3) is 7.48. The van der Waals surface area contributed by atoms with E-state index in [1.807, 2.05) is 53.7 Å². The van der Waals surface area contributed by atoms with Crippen LogP contribution in [0.4, 0.5) is 0 Å². The Hall–Kier alpha value is -3.12. The number of Topliss-reactive ketones (excluding diaryl/α,β-unsaturated/α-hetero) is 1. The highest BCUT2D eigenvalue weighted by Crippen LogP contribution is 2.44. The molecule has 2 saturated heterocycles. The smallest absolute Gasteiger partial charge is 0.295 e. The van der Waals surface area contributed by atoms with Gasteiger partial charge in [0.25, 0.3) is 10.1 Å². The summed E-state index contributed by atoms with van der Waals surface area (Å²) in [5.74, 6) is 0.0996. The zero-order valence-electron chi connectivity index (χ0n) is 28.4. The molecule has 0 spiro atoms. The number of rotatable bonds is 9. The lowest BCUT2D eigenvalue weighted by Crippen LogP contribution is -2.39. The average molecular weight is 665 g/mol. The maximum Gasteiger partial charge on any atom is 0.295 e. The van der Waals surface area contributed by atoms with E-state index in [1.165, 1.54) is 6.07 Å². The van der Waals surface area contributed by atoms with Crippen LogP contribution in [0.3, 0.4) is 0 Å². The molecule has 3 aliphatic rings. The number of morpholine rings is 2. The molecule has 2 fully saturated rings. The van der Waals surface area contributed by atoms with E-state index in [4.69, 9.17) is 9.47 Å². The molecule has 0 saturated carbocycles. The lowest BCUT2D eigenvalue weighted by atomic mass is 9.77. The quantitative estimate of drug-likeness (QED) is 0.335. The van der Waals surface area contributed by atoms with Gasteiger partial charge in [-0.3, -0.25) is 19.1 Å². The van der Waals surface area contributed by atoms with E-state index < -0.39 is 10.1 Å². The van der Waals surface area contributed by atoms with Gasteiger partial charge in [0.15, 0.2) is 5.78 Å². The fourth-order valence-corrected chi connectivity index (χ4v) is 7.45. The number of nitrogens with zero attached hydrogens (tertiary/aromatic N) is 2. The molecule has 0 aromatic heterocycles. The minimum Gasteiger partial charge on any atom is -0.507 e. The molecule has 0 radical (unpaired) electrons. The number of hydrogen-bond donors (Lipinski definition) is 2. The summed E-state index contributed by atoms with van der Waals surface area (Å²) in [5.41, 5.74) is 6.82. The van der Waals surface area contributed by atoms with Gasteiger partial charge in [0, 0.05) is 61.5 Å². The molecule has 2 heterocycles. The molecule has 10 heteroatoms. The normalized spacial score (nSPS) is 19.9. The first kappa shape index (κ1) is 35.2. The van der Waals surface area contributed by atoms with Crippen molar-refractivity contribution in [2.24, 2.45) is 5.92 Å². The number of ketones is 1. The van der Waals surface area contributed by atoms with Crippen molar-refractivity contribution >= 4 is 21.5 Å². The van der Waals surface area contributed by atoms with E-state index in [0.717, 1.165) is 46.5 Å². The summed E-state index contributed by atoms with van der Waals surface area (Å²) in [4.78, 5) is 18.3. The summed E-state index contributed by atoms with van der Waals surface area (Å²) >= 11 is 0. The molecule has 254 valence electrons. The number of aromatic hydroxyl groups is 1. The predicted molar refractivity (Wildman–Crippen MR) is 183 cm³/mol. The summed E-state index contributed by atoms with van der Waals surface area (Å²) in [6.45, 7) is 18.2. The van der Waals surface area contributed by atoms with E-state index in [1.54, 1.807) is 18.2 Å². The zero-order valence-corrected chi connectivity index (χ0v) is 29.2. The third-order valence-corrected chi connectivity index (χ3v) is 10.5. The second-order valence-electron chi connectivity index (χ2n) is 13.3. The Labute approximate surface area is 279 Å². The fourth-order valence-electron chi connectivity index (χ4n) is 6.75. The molecule has 0 bridgehead atoms. The molecule has 9 nitrogen and oxygen atoms in total. The van der Waals surface area contributed by atoms with Crippen LogP contribution in [0.15, 0.2) is 63.6 Å². The minimum absolute atomic E-state index is 0.00605. The standard InChI is InChI=1S/C37H48N2O7S/c1-23(2)28-19-30(25(5)32(36(28)40)21-38-11-15-45-16-12-38)35(27-9-7-8-10-34(27)47(42,43)44)31-20-29(24(3)4)37(41)33(26(31)6)22-39-13-17-46-18-14-39/h7-10,19-20,23-24,40H,11-18,21-22H2,1-6H3,(H,42,43,44)/b35-31-. The van der Waals surface area contributed by atoms with Gasteiger partial charge in [-0.15, -0.1) is 0 Å². The van der Waals surface area contributed by atoms with Crippen LogP contribution in [0.5, 0.6) is 5.75 Å². The lowest BCUT2D eigenvalue weighted by molar-refractivity contribution is -0.113. The molecular weight excluding hydrogens is 616 g/mol. The molecular formula is C37H48N2O7S. The van der Waals surface area contributed by atoms with Gasteiger partial charge in [-0.2, -0.15) is 8.42 Å². The average Bonchev–Trinajstić information content (AvgIpc) is 3.03. The first-order chi connectivity index (χ1) is 22.3. The van der Waals surface area contributed by atoms with Crippen LogP contribution in [0.1, 0.15) is 68.4 Å². The van der Waals surface area contributed by atoms with Crippen LogP contribution < -0.4 is 0 Å². The summed E-state index contributed by atoms with van der Waals surface area (Å²) < 4.78 is 47.5. The Balaban J connectivity index is 1.88. The number of ether oxygens (including phenoxy) is 2. The number of allylic oxidation sites excluding steroid dienone is 4. The summed E-state index contributed by atoms with van der Waals surface area (Å²) in [6, 6.07) is 8.42. The number of benzene rings is 2. The first-order valence-corrected chi connectivity index (χ1v) is 18.0. The third-order valence-electron chi connectivity index (χ3n) is 9.60. The highest BCUT2D eigenvalue weighted by atomic mass is 32.2. The Morgan fingerprint density at radius 1 is 0.872 bits per heavy atom. The van der Waals surface area contributed by atoms with Crippen LogP contribution in [0, 0.1) is 12.8 Å². The second-order valence-corrected chi connectivity index (χ2v) is 14.7.